The van der Waals surface area contributed by atoms with Crippen molar-refractivity contribution >= 4 is 34.0 Å². The minimum Gasteiger partial charge on any atom is -0.372 e. The fourth-order valence-electron chi connectivity index (χ4n) is 0.960. The van der Waals surface area contributed by atoms with Gasteiger partial charge in [0.25, 0.3) is 0 Å². The van der Waals surface area contributed by atoms with Crippen molar-refractivity contribution in [2.45, 2.75) is 18.5 Å². The molecule has 1 rings (SSSR count). The Labute approximate surface area is 110 Å². The first-order valence-corrected chi connectivity index (χ1v) is 6.27. The number of ether oxygens (including phenoxy) is 1. The van der Waals surface area contributed by atoms with E-state index in [2.05, 4.69) is 15.0 Å². The van der Waals surface area contributed by atoms with E-state index in [9.17, 15) is 18.0 Å². The lowest BCUT2D eigenvalue weighted by molar-refractivity contribution is -0.174. The van der Waals surface area contributed by atoms with E-state index in [4.69, 9.17) is 11.6 Å². The molecule has 0 spiro atoms. The second-order valence-electron chi connectivity index (χ2n) is 3.24. The van der Waals surface area contributed by atoms with Crippen molar-refractivity contribution in [2.75, 3.05) is 18.5 Å². The molecule has 0 radical (unpaired) electrons. The van der Waals surface area contributed by atoms with Gasteiger partial charge < -0.3 is 10.1 Å². The number of nitrogens with zero attached hydrogens (tertiary/aromatic N) is 1. The van der Waals surface area contributed by atoms with Crippen molar-refractivity contribution in [1.82, 2.24) is 4.98 Å². The van der Waals surface area contributed by atoms with Crippen molar-refractivity contribution in [1.29, 1.82) is 0 Å². The van der Waals surface area contributed by atoms with Gasteiger partial charge in [0.05, 0.1) is 24.6 Å². The average Bonchev–Trinajstić information content (AvgIpc) is 2.71. The maximum absolute atomic E-state index is 11.7. The molecule has 0 bridgehead atoms. The van der Waals surface area contributed by atoms with Gasteiger partial charge in [-0.2, -0.15) is 13.2 Å². The number of anilines is 1. The molecule has 0 fully saturated rings. The first-order chi connectivity index (χ1) is 8.40. The third-order valence-corrected chi connectivity index (χ3v) is 2.75. The van der Waals surface area contributed by atoms with E-state index in [-0.39, 0.29) is 18.9 Å². The van der Waals surface area contributed by atoms with Crippen molar-refractivity contribution in [3.05, 3.63) is 11.1 Å². The fraction of sp³-hybridized carbons (Fsp3) is 0.556. The molecular weight excluding hydrogens is 293 g/mol. The molecule has 1 N–H and O–H groups in total. The third-order valence-electron chi connectivity index (χ3n) is 1.67. The van der Waals surface area contributed by atoms with Crippen LogP contribution < -0.4 is 5.32 Å². The van der Waals surface area contributed by atoms with Crippen molar-refractivity contribution in [3.63, 3.8) is 0 Å². The van der Waals surface area contributed by atoms with Crippen LogP contribution in [0.1, 0.15) is 12.1 Å². The average molecular weight is 303 g/mol. The predicted octanol–water partition coefficient (Wildman–Crippen LogP) is 2.79. The Morgan fingerprint density at radius 1 is 1.56 bits per heavy atom. The van der Waals surface area contributed by atoms with Crippen LogP contribution in [0, 0.1) is 0 Å². The number of carbonyl (C=O) groups is 1. The van der Waals surface area contributed by atoms with E-state index >= 15 is 0 Å². The summed E-state index contributed by atoms with van der Waals surface area (Å²) in [6.07, 6.45) is -4.53. The van der Waals surface area contributed by atoms with Gasteiger partial charge in [0.2, 0.25) is 5.91 Å². The first kappa shape index (κ1) is 15.2. The molecule has 9 heteroatoms. The number of aromatic nitrogens is 1. The number of carbonyl (C=O) groups excluding carboxylic acids is 1. The summed E-state index contributed by atoms with van der Waals surface area (Å²) in [5.41, 5.74) is 0.630. The molecule has 1 amide bonds. The van der Waals surface area contributed by atoms with Crippen molar-refractivity contribution < 1.29 is 22.7 Å². The molecule has 1 aromatic rings. The Balaban J connectivity index is 2.21. The van der Waals surface area contributed by atoms with Crippen LogP contribution in [0.25, 0.3) is 0 Å². The van der Waals surface area contributed by atoms with Gasteiger partial charge in [0.1, 0.15) is 6.61 Å². The summed E-state index contributed by atoms with van der Waals surface area (Å²) >= 11 is 6.72. The lowest BCUT2D eigenvalue weighted by atomic mass is 10.4. The quantitative estimate of drug-likeness (QED) is 0.649. The molecule has 0 saturated heterocycles. The zero-order valence-corrected chi connectivity index (χ0v) is 10.7. The summed E-state index contributed by atoms with van der Waals surface area (Å²) in [6, 6.07) is 0. The molecule has 0 saturated carbocycles. The summed E-state index contributed by atoms with van der Waals surface area (Å²) in [5, 5.41) is 4.49. The van der Waals surface area contributed by atoms with Gasteiger partial charge in [-0.25, -0.2) is 4.98 Å². The molecule has 1 aromatic heterocycles. The molecule has 0 aliphatic carbocycles. The van der Waals surface area contributed by atoms with Crippen LogP contribution in [-0.4, -0.2) is 30.3 Å². The minimum absolute atomic E-state index is 0.161. The lowest BCUT2D eigenvalue weighted by Crippen LogP contribution is -2.20. The first-order valence-electron chi connectivity index (χ1n) is 4.85. The number of hydrogen-bond donors (Lipinski definition) is 1. The predicted molar refractivity (Wildman–Crippen MR) is 61.8 cm³/mol. The summed E-state index contributed by atoms with van der Waals surface area (Å²) in [4.78, 5) is 15.3. The van der Waals surface area contributed by atoms with Crippen LogP contribution in [0.2, 0.25) is 0 Å². The van der Waals surface area contributed by atoms with Gasteiger partial charge in [0.15, 0.2) is 5.13 Å². The smallest absolute Gasteiger partial charge is 0.372 e. The highest BCUT2D eigenvalue weighted by Crippen LogP contribution is 2.17. The zero-order chi connectivity index (χ0) is 13.6. The van der Waals surface area contributed by atoms with E-state index in [1.165, 1.54) is 11.3 Å². The van der Waals surface area contributed by atoms with E-state index < -0.39 is 18.7 Å². The zero-order valence-electron chi connectivity index (χ0n) is 9.09. The Bertz CT molecular complexity index is 397. The van der Waals surface area contributed by atoms with Crippen LogP contribution in [-0.2, 0) is 15.4 Å². The van der Waals surface area contributed by atoms with Crippen molar-refractivity contribution in [3.8, 4) is 0 Å². The Morgan fingerprint density at radius 2 is 2.28 bits per heavy atom. The summed E-state index contributed by atoms with van der Waals surface area (Å²) < 4.78 is 39.5. The molecule has 0 atom stereocenters. The van der Waals surface area contributed by atoms with Gasteiger partial charge in [-0.3, -0.25) is 4.79 Å². The lowest BCUT2D eigenvalue weighted by Gasteiger charge is -2.07. The van der Waals surface area contributed by atoms with Crippen LogP contribution in [0.3, 0.4) is 0 Å². The second kappa shape index (κ2) is 6.91. The van der Waals surface area contributed by atoms with Gasteiger partial charge in [-0.15, -0.1) is 22.9 Å². The molecule has 1 heterocycles. The normalized spacial score (nSPS) is 11.6. The second-order valence-corrected chi connectivity index (χ2v) is 4.37. The number of halogens is 4. The Kier molecular flexibility index (Phi) is 5.83. The highest BCUT2D eigenvalue weighted by Gasteiger charge is 2.27. The van der Waals surface area contributed by atoms with Gasteiger partial charge in [0, 0.05) is 5.38 Å². The molecule has 0 aliphatic rings. The van der Waals surface area contributed by atoms with Crippen LogP contribution in [0.5, 0.6) is 0 Å². The summed E-state index contributed by atoms with van der Waals surface area (Å²) in [7, 11) is 0. The molecular formula is C9H10ClF3N2O2S. The maximum atomic E-state index is 11.7. The van der Waals surface area contributed by atoms with Gasteiger partial charge in [-0.1, -0.05) is 0 Å². The number of amides is 1. The number of nitrogens with one attached hydrogen (secondary N) is 1. The third kappa shape index (κ3) is 6.18. The number of alkyl halides is 4. The SMILES string of the molecule is O=C(CCOCC(F)(F)F)Nc1nc(CCl)cs1. The van der Waals surface area contributed by atoms with E-state index in [0.29, 0.717) is 10.8 Å². The highest BCUT2D eigenvalue weighted by molar-refractivity contribution is 7.13. The fourth-order valence-corrected chi connectivity index (χ4v) is 1.92. The molecule has 0 aliphatic heterocycles. The largest absolute Gasteiger partial charge is 0.411 e. The summed E-state index contributed by atoms with van der Waals surface area (Å²) in [6.45, 7) is -1.65. The minimum atomic E-state index is -4.37. The number of thiazole rings is 1. The van der Waals surface area contributed by atoms with E-state index in [0.717, 1.165) is 0 Å². The molecule has 0 unspecified atom stereocenters. The van der Waals surface area contributed by atoms with E-state index in [1.54, 1.807) is 5.38 Å². The molecule has 4 nitrogen and oxygen atoms in total. The topological polar surface area (TPSA) is 51.2 Å². The summed E-state index contributed by atoms with van der Waals surface area (Å²) in [5.74, 6) is -0.214. The van der Waals surface area contributed by atoms with Crippen LogP contribution >= 0.6 is 22.9 Å². The standard InChI is InChI=1S/C9H10ClF3N2O2S/c10-3-6-4-18-8(14-6)15-7(16)1-2-17-5-9(11,12)13/h4H,1-3,5H2,(H,14,15,16). The highest BCUT2D eigenvalue weighted by atomic mass is 35.5. The monoisotopic (exact) mass is 302 g/mol. The van der Waals surface area contributed by atoms with Crippen LogP contribution in [0.4, 0.5) is 18.3 Å². The number of hydrogen-bond acceptors (Lipinski definition) is 4. The molecule has 102 valence electrons. The number of rotatable bonds is 6. The molecule has 18 heavy (non-hydrogen) atoms. The molecule has 0 aromatic carbocycles. The maximum Gasteiger partial charge on any atom is 0.411 e. The van der Waals surface area contributed by atoms with Crippen LogP contribution in [0.15, 0.2) is 5.38 Å². The Hall–Kier alpha value is -0.860. The van der Waals surface area contributed by atoms with E-state index in [1.807, 2.05) is 0 Å². The van der Waals surface area contributed by atoms with Crippen molar-refractivity contribution in [2.24, 2.45) is 0 Å². The van der Waals surface area contributed by atoms with Gasteiger partial charge >= 0.3 is 6.18 Å². The Morgan fingerprint density at radius 3 is 2.83 bits per heavy atom. The van der Waals surface area contributed by atoms with Gasteiger partial charge in [-0.05, 0) is 0 Å².